The molecule has 3 aromatic rings. The van der Waals surface area contributed by atoms with Gasteiger partial charge in [0.1, 0.15) is 11.3 Å². The molecule has 1 aromatic carbocycles. The van der Waals surface area contributed by atoms with Crippen molar-refractivity contribution in [3.05, 3.63) is 46.4 Å². The maximum atomic E-state index is 12.4. The van der Waals surface area contributed by atoms with E-state index in [-0.39, 0.29) is 17.1 Å². The third-order valence-electron chi connectivity index (χ3n) is 3.60. The highest BCUT2D eigenvalue weighted by Crippen LogP contribution is 2.29. The first-order valence-electron chi connectivity index (χ1n) is 7.23. The molecule has 0 aliphatic carbocycles. The maximum Gasteiger partial charge on any atom is 0.292 e. The second-order valence-electron chi connectivity index (χ2n) is 6.48. The number of carbonyl (C=O) groups excluding carboxylic acids is 1. The summed E-state index contributed by atoms with van der Waals surface area (Å²) in [5.74, 6) is 0.921. The summed E-state index contributed by atoms with van der Waals surface area (Å²) in [4.78, 5) is 12.4. The minimum Gasteiger partial charge on any atom is -0.451 e. The van der Waals surface area contributed by atoms with E-state index in [0.29, 0.717) is 22.2 Å². The SMILES string of the molecule is Cc1c(C(=O)Nc2cc(C(C)(C)C)on2)oc2ccc(Cl)cc12. The summed E-state index contributed by atoms with van der Waals surface area (Å²) in [6, 6.07) is 6.96. The van der Waals surface area contributed by atoms with Gasteiger partial charge in [0.25, 0.3) is 5.91 Å². The number of hydrogen-bond donors (Lipinski definition) is 1. The number of benzene rings is 1. The van der Waals surface area contributed by atoms with Crippen LogP contribution >= 0.6 is 11.6 Å². The molecule has 23 heavy (non-hydrogen) atoms. The third-order valence-corrected chi connectivity index (χ3v) is 3.83. The molecule has 2 aromatic heterocycles. The number of nitrogens with one attached hydrogen (secondary N) is 1. The third kappa shape index (κ3) is 2.97. The van der Waals surface area contributed by atoms with Crippen LogP contribution in [-0.4, -0.2) is 11.1 Å². The Morgan fingerprint density at radius 1 is 1.26 bits per heavy atom. The van der Waals surface area contributed by atoms with Crippen LogP contribution in [0.5, 0.6) is 0 Å². The lowest BCUT2D eigenvalue weighted by Gasteiger charge is -2.11. The number of aryl methyl sites for hydroxylation is 1. The largest absolute Gasteiger partial charge is 0.451 e. The van der Waals surface area contributed by atoms with E-state index >= 15 is 0 Å². The summed E-state index contributed by atoms with van der Waals surface area (Å²) in [6.45, 7) is 7.84. The summed E-state index contributed by atoms with van der Waals surface area (Å²) >= 11 is 5.99. The van der Waals surface area contributed by atoms with Gasteiger partial charge in [-0.1, -0.05) is 37.5 Å². The van der Waals surface area contributed by atoms with Crippen molar-refractivity contribution in [2.75, 3.05) is 5.32 Å². The zero-order valence-corrected chi connectivity index (χ0v) is 14.1. The number of nitrogens with zero attached hydrogens (tertiary/aromatic N) is 1. The highest BCUT2D eigenvalue weighted by atomic mass is 35.5. The van der Waals surface area contributed by atoms with Crippen molar-refractivity contribution < 1.29 is 13.7 Å². The molecule has 0 aliphatic heterocycles. The molecule has 1 amide bonds. The van der Waals surface area contributed by atoms with Gasteiger partial charge in [0.05, 0.1) is 0 Å². The maximum absolute atomic E-state index is 12.4. The van der Waals surface area contributed by atoms with E-state index in [1.807, 2.05) is 27.7 Å². The highest BCUT2D eigenvalue weighted by Gasteiger charge is 2.22. The van der Waals surface area contributed by atoms with Gasteiger partial charge < -0.3 is 14.3 Å². The Hall–Kier alpha value is -2.27. The fourth-order valence-corrected chi connectivity index (χ4v) is 2.44. The first-order valence-corrected chi connectivity index (χ1v) is 7.61. The van der Waals surface area contributed by atoms with Crippen LogP contribution < -0.4 is 5.32 Å². The predicted octanol–water partition coefficient (Wildman–Crippen LogP) is 4.93. The molecular weight excluding hydrogens is 316 g/mol. The minimum absolute atomic E-state index is 0.179. The fraction of sp³-hybridized carbons (Fsp3) is 0.294. The summed E-state index contributed by atoms with van der Waals surface area (Å²) in [5, 5.41) is 7.99. The second kappa shape index (κ2) is 5.42. The Balaban J connectivity index is 1.89. The number of carbonyl (C=O) groups is 1. The van der Waals surface area contributed by atoms with E-state index in [2.05, 4.69) is 10.5 Å². The lowest BCUT2D eigenvalue weighted by Crippen LogP contribution is -2.12. The Labute approximate surface area is 138 Å². The molecule has 0 aliphatic rings. The van der Waals surface area contributed by atoms with Crippen LogP contribution in [-0.2, 0) is 5.41 Å². The second-order valence-corrected chi connectivity index (χ2v) is 6.91. The number of fused-ring (bicyclic) bond motifs is 1. The van der Waals surface area contributed by atoms with Gasteiger partial charge in [-0.15, -0.1) is 0 Å². The van der Waals surface area contributed by atoms with E-state index in [9.17, 15) is 4.79 Å². The quantitative estimate of drug-likeness (QED) is 0.722. The Bertz CT molecular complexity index is 887. The van der Waals surface area contributed by atoms with Crippen molar-refractivity contribution in [2.24, 2.45) is 0 Å². The van der Waals surface area contributed by atoms with Crippen LogP contribution in [0.15, 0.2) is 33.2 Å². The topological polar surface area (TPSA) is 68.3 Å². The van der Waals surface area contributed by atoms with Gasteiger partial charge >= 0.3 is 0 Å². The van der Waals surface area contributed by atoms with E-state index in [1.165, 1.54) is 0 Å². The molecule has 3 rings (SSSR count). The van der Waals surface area contributed by atoms with Gasteiger partial charge in [0, 0.05) is 27.5 Å². The van der Waals surface area contributed by atoms with Gasteiger partial charge in [-0.3, -0.25) is 4.79 Å². The van der Waals surface area contributed by atoms with Gasteiger partial charge in [-0.2, -0.15) is 0 Å². The normalized spacial score (nSPS) is 11.9. The van der Waals surface area contributed by atoms with Crippen LogP contribution in [0.4, 0.5) is 5.82 Å². The lowest BCUT2D eigenvalue weighted by atomic mass is 9.93. The first-order chi connectivity index (χ1) is 10.8. The monoisotopic (exact) mass is 332 g/mol. The molecule has 0 spiro atoms. The van der Waals surface area contributed by atoms with Crippen molar-refractivity contribution >= 4 is 34.3 Å². The van der Waals surface area contributed by atoms with E-state index < -0.39 is 0 Å². The van der Waals surface area contributed by atoms with Crippen LogP contribution in [0, 0.1) is 6.92 Å². The Morgan fingerprint density at radius 2 is 2.00 bits per heavy atom. The number of amides is 1. The molecular formula is C17H17ClN2O3. The summed E-state index contributed by atoms with van der Waals surface area (Å²) < 4.78 is 10.9. The average Bonchev–Trinajstić information content (AvgIpc) is 3.04. The van der Waals surface area contributed by atoms with Gasteiger partial charge in [-0.25, -0.2) is 0 Å². The molecule has 0 unspecified atom stereocenters. The smallest absolute Gasteiger partial charge is 0.292 e. The van der Waals surface area contributed by atoms with E-state index in [0.717, 1.165) is 10.9 Å². The molecule has 0 saturated heterocycles. The number of anilines is 1. The summed E-state index contributed by atoms with van der Waals surface area (Å²) in [7, 11) is 0. The van der Waals surface area contributed by atoms with Gasteiger partial charge in [0.2, 0.25) is 0 Å². The Morgan fingerprint density at radius 3 is 2.65 bits per heavy atom. The van der Waals surface area contributed by atoms with Crippen molar-refractivity contribution in [3.8, 4) is 0 Å². The molecule has 0 fully saturated rings. The molecule has 0 atom stereocenters. The number of furan rings is 1. The number of halogens is 1. The molecule has 6 heteroatoms. The van der Waals surface area contributed by atoms with Crippen LogP contribution in [0.1, 0.15) is 42.6 Å². The first kappa shape index (κ1) is 15.6. The van der Waals surface area contributed by atoms with Crippen LogP contribution in [0.25, 0.3) is 11.0 Å². The zero-order valence-electron chi connectivity index (χ0n) is 13.4. The van der Waals surface area contributed by atoms with Crippen molar-refractivity contribution in [3.63, 3.8) is 0 Å². The molecule has 0 bridgehead atoms. The molecule has 0 saturated carbocycles. The number of hydrogen-bond acceptors (Lipinski definition) is 4. The molecule has 120 valence electrons. The van der Waals surface area contributed by atoms with Crippen molar-refractivity contribution in [1.29, 1.82) is 0 Å². The number of aromatic nitrogens is 1. The molecule has 0 radical (unpaired) electrons. The molecule has 1 N–H and O–H groups in total. The summed E-state index contributed by atoms with van der Waals surface area (Å²) in [5.41, 5.74) is 1.18. The van der Waals surface area contributed by atoms with Gasteiger partial charge in [0.15, 0.2) is 11.6 Å². The van der Waals surface area contributed by atoms with E-state index in [4.69, 9.17) is 20.5 Å². The summed E-state index contributed by atoms with van der Waals surface area (Å²) in [6.07, 6.45) is 0. The predicted molar refractivity (Wildman–Crippen MR) is 89.1 cm³/mol. The molecule has 2 heterocycles. The van der Waals surface area contributed by atoms with Crippen LogP contribution in [0.2, 0.25) is 5.02 Å². The van der Waals surface area contributed by atoms with Crippen molar-refractivity contribution in [2.45, 2.75) is 33.1 Å². The van der Waals surface area contributed by atoms with Crippen molar-refractivity contribution in [1.82, 2.24) is 5.16 Å². The standard InChI is InChI=1S/C17H17ClN2O3/c1-9-11-7-10(18)5-6-12(11)22-15(9)16(21)19-14-8-13(23-20-14)17(2,3)4/h5-8H,1-4H3,(H,19,20,21). The highest BCUT2D eigenvalue weighted by molar-refractivity contribution is 6.31. The Kier molecular flexibility index (Phi) is 3.68. The lowest BCUT2D eigenvalue weighted by molar-refractivity contribution is 0.0997. The average molecular weight is 333 g/mol. The number of rotatable bonds is 2. The molecule has 5 nitrogen and oxygen atoms in total. The van der Waals surface area contributed by atoms with E-state index in [1.54, 1.807) is 24.3 Å². The fourth-order valence-electron chi connectivity index (χ4n) is 2.27. The van der Waals surface area contributed by atoms with Crippen LogP contribution in [0.3, 0.4) is 0 Å². The van der Waals surface area contributed by atoms with Gasteiger partial charge in [-0.05, 0) is 25.1 Å². The minimum atomic E-state index is -0.372. The zero-order chi connectivity index (χ0) is 16.8.